The Morgan fingerprint density at radius 2 is 1.94 bits per heavy atom. The molecule has 1 N–H and O–H groups in total. The molecule has 0 saturated carbocycles. The van der Waals surface area contributed by atoms with Crippen molar-refractivity contribution in [3.63, 3.8) is 0 Å². The van der Waals surface area contributed by atoms with Gasteiger partial charge in [0.1, 0.15) is 0 Å². The Morgan fingerprint density at radius 1 is 1.33 bits per heavy atom. The van der Waals surface area contributed by atoms with E-state index < -0.39 is 0 Å². The van der Waals surface area contributed by atoms with Crippen LogP contribution in [0.5, 0.6) is 0 Å². The highest BCUT2D eigenvalue weighted by Crippen LogP contribution is 2.21. The van der Waals surface area contributed by atoms with Crippen LogP contribution in [0.2, 0.25) is 0 Å². The maximum Gasteiger partial charge on any atom is 0.252 e. The molecular weight excluding hydrogens is 360 g/mol. The average molecular weight is 378 g/mol. The van der Waals surface area contributed by atoms with E-state index in [0.717, 1.165) is 8.95 Å². The quantitative estimate of drug-likeness (QED) is 0.873. The van der Waals surface area contributed by atoms with E-state index in [4.69, 9.17) is 0 Å². The zero-order valence-electron chi connectivity index (χ0n) is 11.1. The number of benzene rings is 1. The molecule has 0 aromatic heterocycles. The van der Waals surface area contributed by atoms with Crippen molar-refractivity contribution in [3.8, 4) is 0 Å². The highest BCUT2D eigenvalue weighted by Gasteiger charge is 2.21. The molecule has 0 radical (unpaired) electrons. The summed E-state index contributed by atoms with van der Waals surface area (Å²) < 4.78 is 1.69. The smallest absolute Gasteiger partial charge is 0.252 e. The first-order chi connectivity index (χ1) is 8.24. The Labute approximate surface area is 125 Å². The normalized spacial score (nSPS) is 11.7. The summed E-state index contributed by atoms with van der Waals surface area (Å²) in [5.74, 6) is -0.0712. The number of hydrogen-bond acceptors (Lipinski definition) is 2. The maximum atomic E-state index is 12.1. The van der Waals surface area contributed by atoms with E-state index in [1.54, 1.807) is 0 Å². The zero-order chi connectivity index (χ0) is 13.9. The van der Waals surface area contributed by atoms with Gasteiger partial charge in [-0.25, -0.2) is 0 Å². The topological polar surface area (TPSA) is 32.3 Å². The first kappa shape index (κ1) is 15.7. The Morgan fingerprint density at radius 3 is 2.50 bits per heavy atom. The fraction of sp³-hybridized carbons (Fsp3) is 0.462. The number of likely N-dealkylation sites (N-methyl/N-ethyl adjacent to an activating group) is 1. The average Bonchev–Trinajstić information content (AvgIpc) is 2.29. The van der Waals surface area contributed by atoms with Crippen LogP contribution in [0.3, 0.4) is 0 Å². The summed E-state index contributed by atoms with van der Waals surface area (Å²) in [4.78, 5) is 14.2. The monoisotopic (exact) mass is 376 g/mol. The molecule has 0 aliphatic rings. The summed E-state index contributed by atoms with van der Waals surface area (Å²) in [6.07, 6.45) is 0. The van der Waals surface area contributed by atoms with Crippen LogP contribution in [-0.2, 0) is 0 Å². The first-order valence-corrected chi connectivity index (χ1v) is 7.23. The Kier molecular flexibility index (Phi) is 5.37. The molecule has 100 valence electrons. The maximum absolute atomic E-state index is 12.1. The van der Waals surface area contributed by atoms with Gasteiger partial charge in [0, 0.05) is 21.0 Å². The lowest BCUT2D eigenvalue weighted by atomic mass is 10.0. The van der Waals surface area contributed by atoms with E-state index in [-0.39, 0.29) is 11.4 Å². The predicted molar refractivity (Wildman–Crippen MR) is 81.9 cm³/mol. The van der Waals surface area contributed by atoms with Gasteiger partial charge in [-0.1, -0.05) is 15.9 Å². The van der Waals surface area contributed by atoms with Crippen LogP contribution in [-0.4, -0.2) is 37.0 Å². The third kappa shape index (κ3) is 4.07. The third-order valence-corrected chi connectivity index (χ3v) is 4.25. The molecule has 3 nitrogen and oxygen atoms in total. The van der Waals surface area contributed by atoms with Gasteiger partial charge in [0.25, 0.3) is 5.91 Å². The van der Waals surface area contributed by atoms with Crippen LogP contribution in [0.15, 0.2) is 27.1 Å². The summed E-state index contributed by atoms with van der Waals surface area (Å²) in [7, 11) is 4.00. The van der Waals surface area contributed by atoms with Crippen molar-refractivity contribution in [3.05, 3.63) is 32.7 Å². The van der Waals surface area contributed by atoms with Crippen LogP contribution in [0, 0.1) is 0 Å². The molecule has 0 fully saturated rings. The predicted octanol–water partition coefficient (Wildman–Crippen LogP) is 3.28. The number of halogens is 2. The van der Waals surface area contributed by atoms with Crippen molar-refractivity contribution in [2.45, 2.75) is 19.4 Å². The van der Waals surface area contributed by atoms with E-state index in [0.29, 0.717) is 12.1 Å². The molecule has 0 atom stereocenters. The molecule has 1 aromatic carbocycles. The van der Waals surface area contributed by atoms with Gasteiger partial charge in [0.15, 0.2) is 0 Å². The molecular formula is C13H18Br2N2O. The van der Waals surface area contributed by atoms with Gasteiger partial charge in [0.05, 0.1) is 5.56 Å². The second-order valence-electron chi connectivity index (χ2n) is 5.01. The number of hydrogen-bond donors (Lipinski definition) is 1. The van der Waals surface area contributed by atoms with E-state index in [1.807, 2.05) is 32.3 Å². The summed E-state index contributed by atoms with van der Waals surface area (Å²) in [6, 6.07) is 5.56. The zero-order valence-corrected chi connectivity index (χ0v) is 14.2. The van der Waals surface area contributed by atoms with Gasteiger partial charge in [-0.2, -0.15) is 0 Å². The molecule has 0 saturated heterocycles. The van der Waals surface area contributed by atoms with Gasteiger partial charge in [-0.05, 0) is 62.1 Å². The molecule has 1 amide bonds. The molecule has 1 aromatic rings. The Balaban J connectivity index is 2.75. The lowest BCUT2D eigenvalue weighted by Gasteiger charge is -2.32. The largest absolute Gasteiger partial charge is 0.350 e. The van der Waals surface area contributed by atoms with Crippen molar-refractivity contribution in [1.82, 2.24) is 10.2 Å². The number of amides is 1. The van der Waals surface area contributed by atoms with Crippen LogP contribution in [0.4, 0.5) is 0 Å². The summed E-state index contributed by atoms with van der Waals surface area (Å²) in [5.41, 5.74) is 0.563. The second kappa shape index (κ2) is 6.17. The minimum atomic E-state index is -0.0752. The van der Waals surface area contributed by atoms with Crippen LogP contribution in [0.25, 0.3) is 0 Å². The molecule has 0 aliphatic carbocycles. The molecule has 5 heteroatoms. The third-order valence-electron chi connectivity index (χ3n) is 3.07. The summed E-state index contributed by atoms with van der Waals surface area (Å²) >= 11 is 6.76. The SMILES string of the molecule is CN(C)C(C)(C)CNC(=O)c1cc(Br)ccc1Br. The number of rotatable bonds is 4. The van der Waals surface area contributed by atoms with Gasteiger partial charge < -0.3 is 10.2 Å². The summed E-state index contributed by atoms with van der Waals surface area (Å²) in [6.45, 7) is 4.77. The van der Waals surface area contributed by atoms with Gasteiger partial charge in [-0.3, -0.25) is 4.79 Å². The summed E-state index contributed by atoms with van der Waals surface area (Å²) in [5, 5.41) is 2.96. The molecule has 0 aliphatic heterocycles. The van der Waals surface area contributed by atoms with E-state index >= 15 is 0 Å². The fourth-order valence-corrected chi connectivity index (χ4v) is 2.01. The number of carbonyl (C=O) groups is 1. The number of nitrogens with one attached hydrogen (secondary N) is 1. The van der Waals surface area contributed by atoms with Gasteiger partial charge >= 0.3 is 0 Å². The van der Waals surface area contributed by atoms with Crippen LogP contribution in [0.1, 0.15) is 24.2 Å². The Bertz CT molecular complexity index is 445. The highest BCUT2D eigenvalue weighted by molar-refractivity contribution is 9.11. The molecule has 0 heterocycles. The fourth-order valence-electron chi connectivity index (χ4n) is 1.22. The molecule has 18 heavy (non-hydrogen) atoms. The second-order valence-corrected chi connectivity index (χ2v) is 6.78. The number of carbonyl (C=O) groups excluding carboxylic acids is 1. The lowest BCUT2D eigenvalue weighted by molar-refractivity contribution is 0.0919. The van der Waals surface area contributed by atoms with Crippen molar-refractivity contribution < 1.29 is 4.79 Å². The van der Waals surface area contributed by atoms with Crippen molar-refractivity contribution in [1.29, 1.82) is 0 Å². The minimum absolute atomic E-state index is 0.0712. The Hall–Kier alpha value is -0.390. The van der Waals surface area contributed by atoms with Crippen molar-refractivity contribution in [2.24, 2.45) is 0 Å². The van der Waals surface area contributed by atoms with Gasteiger partial charge in [-0.15, -0.1) is 0 Å². The molecule has 0 bridgehead atoms. The van der Waals surface area contributed by atoms with Gasteiger partial charge in [0.2, 0.25) is 0 Å². The van der Waals surface area contributed by atoms with E-state index in [1.165, 1.54) is 0 Å². The minimum Gasteiger partial charge on any atom is -0.350 e. The van der Waals surface area contributed by atoms with Crippen LogP contribution >= 0.6 is 31.9 Å². The van der Waals surface area contributed by atoms with E-state index in [2.05, 4.69) is 55.9 Å². The van der Waals surface area contributed by atoms with Crippen molar-refractivity contribution in [2.75, 3.05) is 20.6 Å². The van der Waals surface area contributed by atoms with E-state index in [9.17, 15) is 4.79 Å². The molecule has 0 spiro atoms. The van der Waals surface area contributed by atoms with Crippen molar-refractivity contribution >= 4 is 37.8 Å². The first-order valence-electron chi connectivity index (χ1n) is 5.65. The standard InChI is InChI=1S/C13H18Br2N2O/c1-13(2,17(3)4)8-16-12(18)10-7-9(14)5-6-11(10)15/h5-7H,8H2,1-4H3,(H,16,18). The van der Waals surface area contributed by atoms with Crippen LogP contribution < -0.4 is 5.32 Å². The molecule has 0 unspecified atom stereocenters. The lowest BCUT2D eigenvalue weighted by Crippen LogP contribution is -2.48. The highest BCUT2D eigenvalue weighted by atomic mass is 79.9. The number of nitrogens with zero attached hydrogens (tertiary/aromatic N) is 1. The molecule has 1 rings (SSSR count).